The Kier molecular flexibility index (Phi) is 5.94. The van der Waals surface area contributed by atoms with Crippen LogP contribution in [0.2, 0.25) is 0 Å². The van der Waals surface area contributed by atoms with Crippen molar-refractivity contribution in [3.63, 3.8) is 0 Å². The number of nitrogens with one attached hydrogen (secondary N) is 1. The van der Waals surface area contributed by atoms with Crippen LogP contribution in [0, 0.1) is 5.92 Å². The first-order valence-corrected chi connectivity index (χ1v) is 11.0. The van der Waals surface area contributed by atoms with Gasteiger partial charge >= 0.3 is 0 Å². The molecule has 0 unspecified atom stereocenters. The molecule has 7 heteroatoms. The van der Waals surface area contributed by atoms with E-state index in [9.17, 15) is 4.79 Å². The molecule has 3 heterocycles. The number of nitrogens with zero attached hydrogens (tertiary/aromatic N) is 3. The van der Waals surface area contributed by atoms with Gasteiger partial charge in [-0.15, -0.1) is 11.3 Å². The number of thiophene rings is 1. The number of carbonyl (C=O) groups is 1. The third-order valence-electron chi connectivity index (χ3n) is 5.23. The second-order valence-electron chi connectivity index (χ2n) is 7.21. The fourth-order valence-corrected chi connectivity index (χ4v) is 4.68. The average Bonchev–Trinajstić information content (AvgIpc) is 3.19. The molecule has 0 radical (unpaired) electrons. The summed E-state index contributed by atoms with van der Waals surface area (Å²) in [4.78, 5) is 26.4. The van der Waals surface area contributed by atoms with E-state index in [4.69, 9.17) is 4.74 Å². The Morgan fingerprint density at radius 1 is 1.28 bits per heavy atom. The number of benzene rings is 1. The summed E-state index contributed by atoms with van der Waals surface area (Å²) in [5.74, 6) is 1.75. The SMILES string of the molecule is CCOc1ccc(NC(=O)[C@@H]2CCCN(c3ncnc4sc(CC)cc34)C2)cc1. The van der Waals surface area contributed by atoms with Crippen LogP contribution in [-0.4, -0.2) is 35.6 Å². The zero-order chi connectivity index (χ0) is 20.2. The van der Waals surface area contributed by atoms with Crippen LogP contribution in [-0.2, 0) is 11.2 Å². The molecule has 1 aliphatic rings. The largest absolute Gasteiger partial charge is 0.494 e. The van der Waals surface area contributed by atoms with Gasteiger partial charge in [-0.1, -0.05) is 6.92 Å². The Morgan fingerprint density at radius 2 is 2.10 bits per heavy atom. The van der Waals surface area contributed by atoms with Crippen LogP contribution in [0.1, 0.15) is 31.6 Å². The van der Waals surface area contributed by atoms with E-state index in [1.54, 1.807) is 17.7 Å². The summed E-state index contributed by atoms with van der Waals surface area (Å²) in [5.41, 5.74) is 0.797. The van der Waals surface area contributed by atoms with E-state index in [-0.39, 0.29) is 11.8 Å². The summed E-state index contributed by atoms with van der Waals surface area (Å²) >= 11 is 1.72. The number of hydrogen-bond donors (Lipinski definition) is 1. The van der Waals surface area contributed by atoms with Crippen molar-refractivity contribution in [3.8, 4) is 5.75 Å². The molecule has 1 aromatic carbocycles. The van der Waals surface area contributed by atoms with Crippen LogP contribution in [0.4, 0.5) is 11.5 Å². The number of aromatic nitrogens is 2. The van der Waals surface area contributed by atoms with Crippen LogP contribution in [0.3, 0.4) is 0 Å². The topological polar surface area (TPSA) is 67.3 Å². The lowest BCUT2D eigenvalue weighted by atomic mass is 9.97. The molecule has 6 nitrogen and oxygen atoms in total. The van der Waals surface area contributed by atoms with Gasteiger partial charge in [-0.05, 0) is 56.5 Å². The van der Waals surface area contributed by atoms with Gasteiger partial charge in [-0.2, -0.15) is 0 Å². The molecule has 0 spiro atoms. The first-order valence-electron chi connectivity index (χ1n) is 10.2. The fourth-order valence-electron chi connectivity index (χ4n) is 3.75. The van der Waals surface area contributed by atoms with Gasteiger partial charge in [0.25, 0.3) is 0 Å². The van der Waals surface area contributed by atoms with Gasteiger partial charge < -0.3 is 15.0 Å². The van der Waals surface area contributed by atoms with Crippen molar-refractivity contribution < 1.29 is 9.53 Å². The lowest BCUT2D eigenvalue weighted by molar-refractivity contribution is -0.120. The van der Waals surface area contributed by atoms with Crippen LogP contribution in [0.25, 0.3) is 10.2 Å². The normalized spacial score (nSPS) is 16.8. The summed E-state index contributed by atoms with van der Waals surface area (Å²) in [5, 5.41) is 4.15. The molecule has 0 saturated carbocycles. The number of piperidine rings is 1. The first kappa shape index (κ1) is 19.6. The number of hydrogen-bond acceptors (Lipinski definition) is 6. The number of ether oxygens (including phenoxy) is 1. The van der Waals surface area contributed by atoms with E-state index in [2.05, 4.69) is 33.2 Å². The van der Waals surface area contributed by atoms with Crippen molar-refractivity contribution in [2.75, 3.05) is 29.9 Å². The Morgan fingerprint density at radius 3 is 2.86 bits per heavy atom. The van der Waals surface area contributed by atoms with Gasteiger partial charge in [-0.25, -0.2) is 9.97 Å². The molecule has 4 rings (SSSR count). The molecule has 1 N–H and O–H groups in total. The fraction of sp³-hybridized carbons (Fsp3) is 0.409. The van der Waals surface area contributed by atoms with Gasteiger partial charge in [0.1, 0.15) is 22.7 Å². The third-order valence-corrected chi connectivity index (χ3v) is 6.42. The van der Waals surface area contributed by atoms with E-state index in [0.717, 1.165) is 53.3 Å². The minimum atomic E-state index is -0.0652. The van der Waals surface area contributed by atoms with E-state index in [1.807, 2.05) is 31.2 Å². The highest BCUT2D eigenvalue weighted by atomic mass is 32.1. The summed E-state index contributed by atoms with van der Waals surface area (Å²) < 4.78 is 5.46. The Bertz CT molecular complexity index is 986. The third kappa shape index (κ3) is 4.34. The maximum Gasteiger partial charge on any atom is 0.229 e. The Balaban J connectivity index is 1.47. The van der Waals surface area contributed by atoms with Crippen LogP contribution >= 0.6 is 11.3 Å². The van der Waals surface area contributed by atoms with Crippen LogP contribution in [0.15, 0.2) is 36.7 Å². The number of fused-ring (bicyclic) bond motifs is 1. The highest BCUT2D eigenvalue weighted by Crippen LogP contribution is 2.32. The minimum Gasteiger partial charge on any atom is -0.494 e. The van der Waals surface area contributed by atoms with Crippen LogP contribution < -0.4 is 15.0 Å². The standard InChI is InChI=1S/C22H26N4O2S/c1-3-18-12-19-20(23-14-24-22(19)29-18)26-11-5-6-15(13-26)21(27)25-16-7-9-17(10-8-16)28-4-2/h7-10,12,14-15H,3-6,11,13H2,1-2H3,(H,25,27)/t15-/m1/s1. The summed E-state index contributed by atoms with van der Waals surface area (Å²) in [6, 6.07) is 9.72. The molecular weight excluding hydrogens is 384 g/mol. The molecule has 0 bridgehead atoms. The number of aryl methyl sites for hydroxylation is 1. The molecule has 3 aromatic rings. The number of anilines is 2. The molecule has 1 aliphatic heterocycles. The van der Waals surface area contributed by atoms with Crippen molar-refractivity contribution in [1.29, 1.82) is 0 Å². The van der Waals surface area contributed by atoms with Crippen LogP contribution in [0.5, 0.6) is 5.75 Å². The second kappa shape index (κ2) is 8.78. The summed E-state index contributed by atoms with van der Waals surface area (Å²) in [6.07, 6.45) is 4.49. The van der Waals surface area contributed by atoms with Gasteiger partial charge in [-0.3, -0.25) is 4.79 Å². The van der Waals surface area contributed by atoms with Gasteiger partial charge in [0, 0.05) is 23.7 Å². The summed E-state index contributed by atoms with van der Waals surface area (Å²) in [6.45, 7) is 6.32. The molecule has 0 aliphatic carbocycles. The maximum absolute atomic E-state index is 12.9. The lowest BCUT2D eigenvalue weighted by Gasteiger charge is -2.33. The molecule has 1 saturated heterocycles. The highest BCUT2D eigenvalue weighted by molar-refractivity contribution is 7.18. The predicted molar refractivity (Wildman–Crippen MR) is 118 cm³/mol. The molecular formula is C22H26N4O2S. The quantitative estimate of drug-likeness (QED) is 0.648. The number of amides is 1. The predicted octanol–water partition coefficient (Wildman–Crippen LogP) is 4.51. The first-order chi connectivity index (χ1) is 14.2. The smallest absolute Gasteiger partial charge is 0.229 e. The number of rotatable bonds is 6. The molecule has 1 fully saturated rings. The maximum atomic E-state index is 12.9. The monoisotopic (exact) mass is 410 g/mol. The average molecular weight is 411 g/mol. The van der Waals surface area contributed by atoms with Crippen molar-refractivity contribution in [3.05, 3.63) is 41.5 Å². The van der Waals surface area contributed by atoms with Crippen molar-refractivity contribution in [2.45, 2.75) is 33.1 Å². The lowest BCUT2D eigenvalue weighted by Crippen LogP contribution is -2.41. The minimum absolute atomic E-state index is 0.0590. The molecule has 152 valence electrons. The Labute approximate surface area is 174 Å². The van der Waals surface area contributed by atoms with E-state index < -0.39 is 0 Å². The van der Waals surface area contributed by atoms with Gasteiger partial charge in [0.15, 0.2) is 0 Å². The van der Waals surface area contributed by atoms with Gasteiger partial charge in [0.05, 0.1) is 17.9 Å². The molecule has 29 heavy (non-hydrogen) atoms. The molecule has 1 amide bonds. The van der Waals surface area contributed by atoms with E-state index in [1.165, 1.54) is 4.88 Å². The zero-order valence-electron chi connectivity index (χ0n) is 16.9. The van der Waals surface area contributed by atoms with Crippen molar-refractivity contribution >= 4 is 39.0 Å². The highest BCUT2D eigenvalue weighted by Gasteiger charge is 2.28. The zero-order valence-corrected chi connectivity index (χ0v) is 17.7. The van der Waals surface area contributed by atoms with Gasteiger partial charge in [0.2, 0.25) is 5.91 Å². The molecule has 2 aromatic heterocycles. The second-order valence-corrected chi connectivity index (χ2v) is 8.33. The van der Waals surface area contributed by atoms with Crippen molar-refractivity contribution in [1.82, 2.24) is 9.97 Å². The van der Waals surface area contributed by atoms with E-state index >= 15 is 0 Å². The summed E-state index contributed by atoms with van der Waals surface area (Å²) in [7, 11) is 0. The Hall–Kier alpha value is -2.67. The van der Waals surface area contributed by atoms with Crippen molar-refractivity contribution in [2.24, 2.45) is 5.92 Å². The van der Waals surface area contributed by atoms with E-state index in [0.29, 0.717) is 13.2 Å². The number of carbonyl (C=O) groups excluding carboxylic acids is 1. The molecule has 1 atom stereocenters.